The molecule has 0 aliphatic heterocycles. The quantitative estimate of drug-likeness (QED) is 0.613. The Labute approximate surface area is 114 Å². The van der Waals surface area contributed by atoms with Crippen LogP contribution in [-0.4, -0.2) is 0 Å². The Kier molecular flexibility index (Phi) is 3.16. The van der Waals surface area contributed by atoms with E-state index in [4.69, 9.17) is 0 Å². The van der Waals surface area contributed by atoms with Gasteiger partial charge in [-0.3, -0.25) is 0 Å². The van der Waals surface area contributed by atoms with Gasteiger partial charge in [0.15, 0.2) is 0 Å². The van der Waals surface area contributed by atoms with Crippen molar-refractivity contribution in [1.82, 2.24) is 0 Å². The highest BCUT2D eigenvalue weighted by Crippen LogP contribution is 2.26. The van der Waals surface area contributed by atoms with Crippen LogP contribution in [0, 0.1) is 0 Å². The first-order valence-electron chi connectivity index (χ1n) is 6.55. The summed E-state index contributed by atoms with van der Waals surface area (Å²) in [4.78, 5) is 0. The van der Waals surface area contributed by atoms with Gasteiger partial charge in [-0.25, -0.2) is 0 Å². The Hall–Kier alpha value is -2.34. The summed E-state index contributed by atoms with van der Waals surface area (Å²) in [6.07, 6.45) is 9.64. The summed E-state index contributed by atoms with van der Waals surface area (Å²) in [5.74, 6) is 0. The van der Waals surface area contributed by atoms with E-state index in [1.807, 2.05) is 18.2 Å². The van der Waals surface area contributed by atoms with E-state index < -0.39 is 0 Å². The second-order valence-electron chi connectivity index (χ2n) is 4.75. The third-order valence-electron chi connectivity index (χ3n) is 3.46. The first-order chi connectivity index (χ1) is 9.34. The van der Waals surface area contributed by atoms with Crippen LogP contribution >= 0.6 is 0 Å². The lowest BCUT2D eigenvalue weighted by molar-refractivity contribution is 1.31. The lowest BCUT2D eigenvalue weighted by Crippen LogP contribution is -1.76. The van der Waals surface area contributed by atoms with Gasteiger partial charge in [0, 0.05) is 0 Å². The minimum Gasteiger partial charge on any atom is -0.0911 e. The van der Waals surface area contributed by atoms with Crippen LogP contribution in [0.5, 0.6) is 0 Å². The van der Waals surface area contributed by atoms with E-state index in [-0.39, 0.29) is 0 Å². The molecule has 0 nitrogen and oxygen atoms in total. The molecule has 2 aromatic carbocycles. The minimum atomic E-state index is 1.12. The highest BCUT2D eigenvalue weighted by Gasteiger charge is 2.05. The molecule has 2 aromatic rings. The minimum absolute atomic E-state index is 1.12. The summed E-state index contributed by atoms with van der Waals surface area (Å²) in [5.41, 5.74) is 6.51. The van der Waals surface area contributed by atoms with Crippen LogP contribution in [0.3, 0.4) is 0 Å². The maximum atomic E-state index is 3.91. The highest BCUT2D eigenvalue weighted by atomic mass is 14.1. The zero-order valence-electron chi connectivity index (χ0n) is 10.8. The predicted molar refractivity (Wildman–Crippen MR) is 83.7 cm³/mol. The molecule has 0 aromatic heterocycles. The molecule has 0 saturated heterocycles. The fourth-order valence-corrected chi connectivity index (χ4v) is 2.41. The molecule has 0 spiro atoms. The normalized spacial score (nSPS) is 13.8. The fraction of sp³-hybridized carbons (Fsp3) is 0.0526. The fourth-order valence-electron chi connectivity index (χ4n) is 2.41. The topological polar surface area (TPSA) is 0 Å². The molecular weight excluding hydrogens is 228 g/mol. The third-order valence-corrected chi connectivity index (χ3v) is 3.46. The molecule has 92 valence electrons. The van der Waals surface area contributed by atoms with Crippen molar-refractivity contribution in [1.29, 1.82) is 0 Å². The molecule has 2 aliphatic rings. The average molecular weight is 244 g/mol. The number of benzene rings is 2. The number of fused-ring (bicyclic) bond motifs is 2. The van der Waals surface area contributed by atoms with Crippen LogP contribution in [0.1, 0.15) is 22.3 Å². The third kappa shape index (κ3) is 2.43. The van der Waals surface area contributed by atoms with Crippen molar-refractivity contribution >= 4 is 17.7 Å². The Morgan fingerprint density at radius 1 is 0.737 bits per heavy atom. The van der Waals surface area contributed by atoms with Gasteiger partial charge in [0.2, 0.25) is 0 Å². The molecule has 0 atom stereocenters. The highest BCUT2D eigenvalue weighted by molar-refractivity contribution is 5.88. The molecule has 0 bridgehead atoms. The molecule has 0 heterocycles. The van der Waals surface area contributed by atoms with Crippen LogP contribution in [0.15, 0.2) is 67.3 Å². The van der Waals surface area contributed by atoms with Gasteiger partial charge in [0.25, 0.3) is 0 Å². The number of rotatable bonds is 0. The van der Waals surface area contributed by atoms with Crippen molar-refractivity contribution in [2.45, 2.75) is 6.42 Å². The maximum absolute atomic E-state index is 3.91. The molecule has 0 amide bonds. The van der Waals surface area contributed by atoms with Crippen molar-refractivity contribution in [2.24, 2.45) is 0 Å². The molecule has 0 N–H and O–H groups in total. The molecule has 19 heavy (non-hydrogen) atoms. The van der Waals surface area contributed by atoms with Crippen LogP contribution in [-0.2, 0) is 6.42 Å². The van der Waals surface area contributed by atoms with E-state index >= 15 is 0 Å². The number of hydrogen-bond acceptors (Lipinski definition) is 0. The largest absolute Gasteiger partial charge is 0.0911 e. The second kappa shape index (κ2) is 5.11. The second-order valence-corrected chi connectivity index (χ2v) is 4.75. The van der Waals surface area contributed by atoms with Crippen molar-refractivity contribution in [2.75, 3.05) is 0 Å². The standard InChI is InChI=1S/C10H8.C9H8/c1-8-6-7-9-4-2-3-5-10(8)9;1-2-5-9-7-3-6-8(9)4-1/h2-7H,1H2;1-6H,7H2. The van der Waals surface area contributed by atoms with Crippen molar-refractivity contribution in [3.63, 3.8) is 0 Å². The zero-order chi connectivity index (χ0) is 13.1. The SMILES string of the molecule is C1=Cc2ccccc2C1.C=C1C=Cc2ccccc21. The lowest BCUT2D eigenvalue weighted by Gasteiger charge is -1.95. The molecule has 0 heteroatoms. The Bertz CT molecular complexity index is 672. The van der Waals surface area contributed by atoms with Crippen molar-refractivity contribution in [3.8, 4) is 0 Å². The van der Waals surface area contributed by atoms with Crippen LogP contribution in [0.4, 0.5) is 0 Å². The van der Waals surface area contributed by atoms with Gasteiger partial charge in [-0.1, -0.05) is 79.4 Å². The molecule has 2 aliphatic carbocycles. The smallest absolute Gasteiger partial charge is 0.00882 e. The van der Waals surface area contributed by atoms with Gasteiger partial charge < -0.3 is 0 Å². The van der Waals surface area contributed by atoms with Gasteiger partial charge in [0.05, 0.1) is 0 Å². The average Bonchev–Trinajstić information content (AvgIpc) is 3.07. The Balaban J connectivity index is 0.000000117. The predicted octanol–water partition coefficient (Wildman–Crippen LogP) is 4.98. The van der Waals surface area contributed by atoms with E-state index in [2.05, 4.69) is 61.2 Å². The summed E-state index contributed by atoms with van der Waals surface area (Å²) in [6.45, 7) is 3.91. The Morgan fingerprint density at radius 2 is 1.47 bits per heavy atom. The van der Waals surface area contributed by atoms with E-state index in [0.29, 0.717) is 0 Å². The van der Waals surface area contributed by atoms with Crippen molar-refractivity contribution in [3.05, 3.63) is 89.5 Å². The van der Waals surface area contributed by atoms with Gasteiger partial charge >= 0.3 is 0 Å². The van der Waals surface area contributed by atoms with E-state index in [0.717, 1.165) is 12.0 Å². The van der Waals surface area contributed by atoms with Crippen molar-refractivity contribution < 1.29 is 0 Å². The molecule has 0 saturated carbocycles. The monoisotopic (exact) mass is 244 g/mol. The van der Waals surface area contributed by atoms with E-state index in [1.54, 1.807) is 0 Å². The van der Waals surface area contributed by atoms with Crippen LogP contribution < -0.4 is 0 Å². The Morgan fingerprint density at radius 3 is 2.26 bits per heavy atom. The first-order valence-corrected chi connectivity index (χ1v) is 6.55. The number of allylic oxidation sites excluding steroid dienone is 3. The molecular formula is C19H16. The summed E-state index contributed by atoms with van der Waals surface area (Å²) < 4.78 is 0. The zero-order valence-corrected chi connectivity index (χ0v) is 10.8. The molecule has 4 rings (SSSR count). The van der Waals surface area contributed by atoms with E-state index in [1.165, 1.54) is 22.3 Å². The lowest BCUT2D eigenvalue weighted by atomic mass is 10.1. The summed E-state index contributed by atoms with van der Waals surface area (Å²) in [7, 11) is 0. The van der Waals surface area contributed by atoms with E-state index in [9.17, 15) is 0 Å². The maximum Gasteiger partial charge on any atom is -0.00882 e. The molecule has 0 unspecified atom stereocenters. The first kappa shape index (κ1) is 11.7. The van der Waals surface area contributed by atoms with Gasteiger partial charge in [-0.2, -0.15) is 0 Å². The number of hydrogen-bond donors (Lipinski definition) is 0. The molecule has 0 fully saturated rings. The van der Waals surface area contributed by atoms with Gasteiger partial charge in [-0.15, -0.1) is 0 Å². The molecule has 0 radical (unpaired) electrons. The summed E-state index contributed by atoms with van der Waals surface area (Å²) in [6, 6.07) is 16.8. The van der Waals surface area contributed by atoms with Gasteiger partial charge in [0.1, 0.15) is 0 Å². The summed E-state index contributed by atoms with van der Waals surface area (Å²) in [5, 5.41) is 0. The summed E-state index contributed by atoms with van der Waals surface area (Å²) >= 11 is 0. The van der Waals surface area contributed by atoms with Crippen LogP contribution in [0.2, 0.25) is 0 Å². The van der Waals surface area contributed by atoms with Crippen LogP contribution in [0.25, 0.3) is 17.7 Å². The van der Waals surface area contributed by atoms with Gasteiger partial charge in [-0.05, 0) is 34.2 Å².